The molecule has 3 aromatic rings. The third kappa shape index (κ3) is 3.29. The summed E-state index contributed by atoms with van der Waals surface area (Å²) in [6.07, 6.45) is 5.54. The normalized spacial score (nSPS) is 11.7. The fraction of sp³-hybridized carbons (Fsp3) is 0.238. The van der Waals surface area contributed by atoms with E-state index in [-0.39, 0.29) is 5.91 Å². The van der Waals surface area contributed by atoms with Crippen LogP contribution in [0.2, 0.25) is 0 Å². The van der Waals surface area contributed by atoms with Gasteiger partial charge in [-0.25, -0.2) is 0 Å². The highest BCUT2D eigenvalue weighted by atomic mass is 32.1. The number of amides is 1. The smallest absolute Gasteiger partial charge is 0.279 e. The number of aromatic nitrogens is 1. The maximum atomic E-state index is 12.6. The van der Waals surface area contributed by atoms with E-state index in [1.54, 1.807) is 0 Å². The summed E-state index contributed by atoms with van der Waals surface area (Å²) in [6.45, 7) is 8.54. The number of carbonyl (C=O) groups excluding carboxylic acids is 1. The molecule has 0 saturated carbocycles. The summed E-state index contributed by atoms with van der Waals surface area (Å²) in [4.78, 5) is 17.7. The molecule has 0 fully saturated rings. The molecular weight excluding hydrogens is 328 g/mol. The van der Waals surface area contributed by atoms with Crippen LogP contribution < -0.4 is 4.80 Å². The Balaban J connectivity index is 2.20. The number of hydrogen-bond acceptors (Lipinski definition) is 2. The van der Waals surface area contributed by atoms with Crippen molar-refractivity contribution < 1.29 is 4.79 Å². The molecule has 1 amide bonds. The standard InChI is InChI=1S/C21H20N2OS/c1-6-9-23-18-11-13(2)10-16(5)19(18)25-21(23)22-20(24)17-8-7-14(3)15(4)12-17/h1,7-8,10-12H,9H2,2-5H3. The minimum absolute atomic E-state index is 0.241. The lowest BCUT2D eigenvalue weighted by atomic mass is 10.1. The molecule has 0 aliphatic carbocycles. The number of benzene rings is 2. The van der Waals surface area contributed by atoms with Crippen molar-refractivity contribution in [3.8, 4) is 12.3 Å². The quantitative estimate of drug-likeness (QED) is 0.636. The lowest BCUT2D eigenvalue weighted by molar-refractivity contribution is 0.0998. The van der Waals surface area contributed by atoms with Gasteiger partial charge in [0.2, 0.25) is 0 Å². The SMILES string of the molecule is C#CCn1c(=NC(=O)c2ccc(C)c(C)c2)sc2c(C)cc(C)cc21. The van der Waals surface area contributed by atoms with Crippen LogP contribution in [-0.4, -0.2) is 10.5 Å². The summed E-state index contributed by atoms with van der Waals surface area (Å²) < 4.78 is 3.06. The van der Waals surface area contributed by atoms with Gasteiger partial charge in [-0.15, -0.1) is 6.42 Å². The Morgan fingerprint density at radius 2 is 1.88 bits per heavy atom. The Hall–Kier alpha value is -2.64. The number of hydrogen-bond donors (Lipinski definition) is 0. The van der Waals surface area contributed by atoms with E-state index >= 15 is 0 Å². The van der Waals surface area contributed by atoms with E-state index < -0.39 is 0 Å². The first kappa shape index (κ1) is 17.2. The lowest BCUT2D eigenvalue weighted by Crippen LogP contribution is -2.16. The van der Waals surface area contributed by atoms with Gasteiger partial charge < -0.3 is 4.57 Å². The van der Waals surface area contributed by atoms with Crippen molar-refractivity contribution in [2.24, 2.45) is 4.99 Å². The molecule has 2 aromatic carbocycles. The highest BCUT2D eigenvalue weighted by Crippen LogP contribution is 2.23. The number of thiazole rings is 1. The van der Waals surface area contributed by atoms with Gasteiger partial charge in [-0.2, -0.15) is 4.99 Å². The molecule has 3 rings (SSSR count). The Bertz CT molecular complexity index is 1090. The molecule has 0 unspecified atom stereocenters. The predicted molar refractivity (Wildman–Crippen MR) is 104 cm³/mol. The first-order valence-corrected chi connectivity index (χ1v) is 8.92. The van der Waals surface area contributed by atoms with Crippen molar-refractivity contribution in [1.82, 2.24) is 4.57 Å². The second-order valence-corrected chi connectivity index (χ2v) is 7.30. The molecule has 4 heteroatoms. The first-order chi connectivity index (χ1) is 11.9. The van der Waals surface area contributed by atoms with Gasteiger partial charge in [-0.1, -0.05) is 29.4 Å². The summed E-state index contributed by atoms with van der Waals surface area (Å²) in [7, 11) is 0. The van der Waals surface area contributed by atoms with Crippen molar-refractivity contribution in [2.45, 2.75) is 34.2 Å². The molecule has 0 bridgehead atoms. The topological polar surface area (TPSA) is 34.4 Å². The number of nitrogens with zero attached hydrogens (tertiary/aromatic N) is 2. The fourth-order valence-corrected chi connectivity index (χ4v) is 3.95. The molecule has 25 heavy (non-hydrogen) atoms. The van der Waals surface area contributed by atoms with E-state index in [4.69, 9.17) is 6.42 Å². The maximum Gasteiger partial charge on any atom is 0.279 e. The van der Waals surface area contributed by atoms with Crippen molar-refractivity contribution >= 4 is 27.5 Å². The lowest BCUT2D eigenvalue weighted by Gasteiger charge is -2.03. The number of fused-ring (bicyclic) bond motifs is 1. The van der Waals surface area contributed by atoms with Crippen LogP contribution in [0.1, 0.15) is 32.6 Å². The van der Waals surface area contributed by atoms with Crippen LogP contribution in [0, 0.1) is 40.0 Å². The van der Waals surface area contributed by atoms with Crippen LogP contribution in [0.15, 0.2) is 35.3 Å². The molecule has 3 nitrogen and oxygen atoms in total. The van der Waals surface area contributed by atoms with Gasteiger partial charge in [-0.3, -0.25) is 4.79 Å². The zero-order valence-corrected chi connectivity index (χ0v) is 15.7. The van der Waals surface area contributed by atoms with Gasteiger partial charge in [-0.05, 0) is 68.1 Å². The van der Waals surface area contributed by atoms with Crippen molar-refractivity contribution in [3.05, 3.63) is 63.0 Å². The van der Waals surface area contributed by atoms with Crippen molar-refractivity contribution in [3.63, 3.8) is 0 Å². The third-order valence-corrected chi connectivity index (χ3v) is 5.54. The summed E-state index contributed by atoms with van der Waals surface area (Å²) in [5.74, 6) is 2.43. The van der Waals surface area contributed by atoms with Gasteiger partial charge in [0.15, 0.2) is 4.80 Å². The van der Waals surface area contributed by atoms with E-state index in [0.717, 1.165) is 21.3 Å². The third-order valence-electron chi connectivity index (χ3n) is 4.31. The van der Waals surface area contributed by atoms with Crippen LogP contribution in [0.4, 0.5) is 0 Å². The zero-order valence-electron chi connectivity index (χ0n) is 14.9. The Morgan fingerprint density at radius 1 is 1.12 bits per heavy atom. The number of terminal acetylenes is 1. The number of aryl methyl sites for hydroxylation is 4. The van der Waals surface area contributed by atoms with Crippen LogP contribution in [-0.2, 0) is 6.54 Å². The largest absolute Gasteiger partial charge is 0.305 e. The first-order valence-electron chi connectivity index (χ1n) is 8.11. The molecule has 0 aliphatic heterocycles. The molecule has 1 heterocycles. The highest BCUT2D eigenvalue weighted by Gasteiger charge is 2.11. The predicted octanol–water partition coefficient (Wildman–Crippen LogP) is 4.31. The summed E-state index contributed by atoms with van der Waals surface area (Å²) in [5.41, 5.74) is 6.21. The van der Waals surface area contributed by atoms with E-state index in [0.29, 0.717) is 16.9 Å². The summed E-state index contributed by atoms with van der Waals surface area (Å²) in [6, 6.07) is 9.88. The van der Waals surface area contributed by atoms with Crippen LogP contribution in [0.5, 0.6) is 0 Å². The van der Waals surface area contributed by atoms with Gasteiger partial charge in [0.25, 0.3) is 5.91 Å². The monoisotopic (exact) mass is 348 g/mol. The second kappa shape index (κ2) is 6.70. The molecule has 0 spiro atoms. The molecule has 1 aromatic heterocycles. The molecule has 126 valence electrons. The molecule has 0 atom stereocenters. The summed E-state index contributed by atoms with van der Waals surface area (Å²) in [5, 5.41) is 0. The maximum absolute atomic E-state index is 12.6. The van der Waals surface area contributed by atoms with Gasteiger partial charge in [0, 0.05) is 5.56 Å². The summed E-state index contributed by atoms with van der Waals surface area (Å²) >= 11 is 1.51. The molecule has 0 radical (unpaired) electrons. The van der Waals surface area contributed by atoms with E-state index in [1.165, 1.54) is 22.5 Å². The van der Waals surface area contributed by atoms with Crippen molar-refractivity contribution in [1.29, 1.82) is 0 Å². The van der Waals surface area contributed by atoms with E-state index in [2.05, 4.69) is 36.9 Å². The van der Waals surface area contributed by atoms with E-state index in [9.17, 15) is 4.79 Å². The van der Waals surface area contributed by atoms with Crippen molar-refractivity contribution in [2.75, 3.05) is 0 Å². The average molecular weight is 348 g/mol. The minimum Gasteiger partial charge on any atom is -0.305 e. The van der Waals surface area contributed by atoms with Crippen LogP contribution in [0.3, 0.4) is 0 Å². The molecule has 0 aliphatic rings. The minimum atomic E-state index is -0.241. The van der Waals surface area contributed by atoms with Gasteiger partial charge >= 0.3 is 0 Å². The van der Waals surface area contributed by atoms with Crippen LogP contribution in [0.25, 0.3) is 10.2 Å². The highest BCUT2D eigenvalue weighted by molar-refractivity contribution is 7.16. The van der Waals surface area contributed by atoms with E-state index in [1.807, 2.05) is 36.6 Å². The Labute approximate surface area is 151 Å². The second-order valence-electron chi connectivity index (χ2n) is 6.32. The molecular formula is C21H20N2OS. The number of carbonyl (C=O) groups is 1. The molecule has 0 saturated heterocycles. The zero-order chi connectivity index (χ0) is 18.1. The fourth-order valence-electron chi connectivity index (χ4n) is 2.87. The Kier molecular flexibility index (Phi) is 4.61. The van der Waals surface area contributed by atoms with Crippen LogP contribution >= 0.6 is 11.3 Å². The average Bonchev–Trinajstić information content (AvgIpc) is 2.88. The number of rotatable bonds is 2. The van der Waals surface area contributed by atoms with Gasteiger partial charge in [0.1, 0.15) is 0 Å². The van der Waals surface area contributed by atoms with Gasteiger partial charge in [0.05, 0.1) is 16.8 Å². The molecule has 0 N–H and O–H groups in total. The Morgan fingerprint density at radius 3 is 2.56 bits per heavy atom.